The SMILES string of the molecule is CCCNC(=O)C(C)NC(=O)C(N)CCOC. The number of amides is 2. The second kappa shape index (κ2) is 8.95. The molecule has 0 heterocycles. The van der Waals surface area contributed by atoms with Gasteiger partial charge in [-0.05, 0) is 19.8 Å². The van der Waals surface area contributed by atoms with Crippen LogP contribution < -0.4 is 16.4 Å². The summed E-state index contributed by atoms with van der Waals surface area (Å²) < 4.78 is 4.83. The quantitative estimate of drug-likeness (QED) is 0.531. The molecule has 100 valence electrons. The van der Waals surface area contributed by atoms with E-state index >= 15 is 0 Å². The molecule has 4 N–H and O–H groups in total. The van der Waals surface area contributed by atoms with Gasteiger partial charge in [0.25, 0.3) is 0 Å². The molecule has 0 saturated heterocycles. The van der Waals surface area contributed by atoms with Gasteiger partial charge < -0.3 is 21.1 Å². The van der Waals surface area contributed by atoms with Crippen LogP contribution in [0.5, 0.6) is 0 Å². The minimum atomic E-state index is -0.642. The molecule has 17 heavy (non-hydrogen) atoms. The summed E-state index contributed by atoms with van der Waals surface area (Å²) in [5.74, 6) is -0.527. The molecule has 0 aromatic rings. The van der Waals surface area contributed by atoms with Gasteiger partial charge in [-0.1, -0.05) is 6.92 Å². The van der Waals surface area contributed by atoms with Gasteiger partial charge in [0.05, 0.1) is 6.04 Å². The smallest absolute Gasteiger partial charge is 0.242 e. The fraction of sp³-hybridized carbons (Fsp3) is 0.818. The number of hydrogen-bond acceptors (Lipinski definition) is 4. The first-order valence-corrected chi connectivity index (χ1v) is 5.85. The zero-order valence-corrected chi connectivity index (χ0v) is 10.8. The molecule has 0 spiro atoms. The third-order valence-corrected chi connectivity index (χ3v) is 2.27. The van der Waals surface area contributed by atoms with Crippen molar-refractivity contribution in [2.45, 2.75) is 38.8 Å². The number of hydrogen-bond donors (Lipinski definition) is 3. The molecule has 0 rings (SSSR count). The Balaban J connectivity index is 3.97. The zero-order valence-electron chi connectivity index (χ0n) is 10.8. The molecule has 2 amide bonds. The Labute approximate surface area is 102 Å². The lowest BCUT2D eigenvalue weighted by molar-refractivity contribution is -0.129. The highest BCUT2D eigenvalue weighted by Crippen LogP contribution is 1.91. The largest absolute Gasteiger partial charge is 0.385 e. The lowest BCUT2D eigenvalue weighted by Gasteiger charge is -2.17. The maximum absolute atomic E-state index is 11.6. The number of nitrogens with one attached hydrogen (secondary N) is 2. The van der Waals surface area contributed by atoms with E-state index in [0.29, 0.717) is 19.6 Å². The first-order chi connectivity index (χ1) is 8.02. The molecule has 2 atom stereocenters. The van der Waals surface area contributed by atoms with E-state index in [2.05, 4.69) is 10.6 Å². The number of nitrogens with two attached hydrogens (primary N) is 1. The summed E-state index contributed by atoms with van der Waals surface area (Å²) in [6, 6.07) is -1.21. The van der Waals surface area contributed by atoms with Crippen molar-refractivity contribution in [1.29, 1.82) is 0 Å². The Morgan fingerprint density at radius 1 is 1.35 bits per heavy atom. The maximum atomic E-state index is 11.6. The van der Waals surface area contributed by atoms with Crippen molar-refractivity contribution in [3.63, 3.8) is 0 Å². The van der Waals surface area contributed by atoms with Crippen LogP contribution in [0.1, 0.15) is 26.7 Å². The number of rotatable bonds is 8. The van der Waals surface area contributed by atoms with Gasteiger partial charge in [0.15, 0.2) is 0 Å². The standard InChI is InChI=1S/C11H23N3O3/c1-4-6-13-10(15)8(2)14-11(16)9(12)5-7-17-3/h8-9H,4-7,12H2,1-3H3,(H,13,15)(H,14,16). The summed E-state index contributed by atoms with van der Waals surface area (Å²) in [6.45, 7) is 4.62. The normalized spacial score (nSPS) is 13.9. The molecule has 0 radical (unpaired) electrons. The van der Waals surface area contributed by atoms with E-state index < -0.39 is 12.1 Å². The van der Waals surface area contributed by atoms with Crippen LogP contribution in [-0.4, -0.2) is 44.2 Å². The lowest BCUT2D eigenvalue weighted by atomic mass is 10.2. The molecule has 0 saturated carbocycles. The Morgan fingerprint density at radius 3 is 2.53 bits per heavy atom. The number of ether oxygens (including phenoxy) is 1. The summed E-state index contributed by atoms with van der Waals surface area (Å²) >= 11 is 0. The van der Waals surface area contributed by atoms with Crippen LogP contribution in [0, 0.1) is 0 Å². The summed E-state index contributed by atoms with van der Waals surface area (Å²) in [5, 5.41) is 5.27. The van der Waals surface area contributed by atoms with Crippen molar-refractivity contribution in [2.24, 2.45) is 5.73 Å². The Bertz CT molecular complexity index is 246. The Morgan fingerprint density at radius 2 is 2.00 bits per heavy atom. The number of methoxy groups -OCH3 is 1. The van der Waals surface area contributed by atoms with Crippen LogP contribution in [0.25, 0.3) is 0 Å². The van der Waals surface area contributed by atoms with E-state index in [0.717, 1.165) is 6.42 Å². The Kier molecular flexibility index (Phi) is 8.35. The number of carbonyl (C=O) groups excluding carboxylic acids is 2. The van der Waals surface area contributed by atoms with Crippen LogP contribution in [0.2, 0.25) is 0 Å². The highest BCUT2D eigenvalue weighted by atomic mass is 16.5. The van der Waals surface area contributed by atoms with Gasteiger partial charge in [-0.15, -0.1) is 0 Å². The molecule has 0 bridgehead atoms. The first kappa shape index (κ1) is 15.9. The molecular weight excluding hydrogens is 222 g/mol. The third kappa shape index (κ3) is 6.91. The van der Waals surface area contributed by atoms with E-state index in [1.807, 2.05) is 6.92 Å². The predicted molar refractivity (Wildman–Crippen MR) is 65.4 cm³/mol. The van der Waals surface area contributed by atoms with Gasteiger partial charge in [-0.3, -0.25) is 9.59 Å². The van der Waals surface area contributed by atoms with Gasteiger partial charge in [0, 0.05) is 20.3 Å². The molecule has 6 heteroatoms. The van der Waals surface area contributed by atoms with E-state index in [-0.39, 0.29) is 11.8 Å². The van der Waals surface area contributed by atoms with Crippen LogP contribution in [0.4, 0.5) is 0 Å². The topological polar surface area (TPSA) is 93.5 Å². The average Bonchev–Trinajstić information content (AvgIpc) is 2.32. The molecule has 6 nitrogen and oxygen atoms in total. The minimum absolute atomic E-state index is 0.195. The van der Waals surface area contributed by atoms with Crippen LogP contribution >= 0.6 is 0 Å². The van der Waals surface area contributed by atoms with Crippen molar-refractivity contribution < 1.29 is 14.3 Å². The summed E-state index contributed by atoms with van der Waals surface area (Å²) in [4.78, 5) is 23.0. The lowest BCUT2D eigenvalue weighted by Crippen LogP contribution is -2.50. The fourth-order valence-corrected chi connectivity index (χ4v) is 1.16. The van der Waals surface area contributed by atoms with Gasteiger partial charge in [-0.25, -0.2) is 0 Å². The zero-order chi connectivity index (χ0) is 13.3. The van der Waals surface area contributed by atoms with E-state index in [1.165, 1.54) is 0 Å². The summed E-state index contributed by atoms with van der Waals surface area (Å²) in [5.41, 5.74) is 5.63. The summed E-state index contributed by atoms with van der Waals surface area (Å²) in [7, 11) is 1.55. The molecule has 0 fully saturated rings. The van der Waals surface area contributed by atoms with E-state index in [4.69, 9.17) is 10.5 Å². The van der Waals surface area contributed by atoms with Gasteiger partial charge >= 0.3 is 0 Å². The van der Waals surface area contributed by atoms with Crippen molar-refractivity contribution in [2.75, 3.05) is 20.3 Å². The highest BCUT2D eigenvalue weighted by molar-refractivity contribution is 5.89. The molecule has 0 aliphatic heterocycles. The van der Waals surface area contributed by atoms with E-state index in [1.54, 1.807) is 14.0 Å². The van der Waals surface area contributed by atoms with Gasteiger partial charge in [0.1, 0.15) is 6.04 Å². The first-order valence-electron chi connectivity index (χ1n) is 5.85. The van der Waals surface area contributed by atoms with E-state index in [9.17, 15) is 9.59 Å². The minimum Gasteiger partial charge on any atom is -0.385 e. The van der Waals surface area contributed by atoms with Crippen molar-refractivity contribution in [1.82, 2.24) is 10.6 Å². The average molecular weight is 245 g/mol. The molecule has 0 aromatic carbocycles. The molecule has 0 aliphatic rings. The van der Waals surface area contributed by atoms with Crippen LogP contribution in [-0.2, 0) is 14.3 Å². The molecule has 0 aromatic heterocycles. The summed E-state index contributed by atoms with van der Waals surface area (Å²) in [6.07, 6.45) is 1.30. The van der Waals surface area contributed by atoms with Crippen molar-refractivity contribution in [3.05, 3.63) is 0 Å². The number of carbonyl (C=O) groups is 2. The van der Waals surface area contributed by atoms with Crippen molar-refractivity contribution in [3.8, 4) is 0 Å². The van der Waals surface area contributed by atoms with Crippen LogP contribution in [0.15, 0.2) is 0 Å². The second-order valence-electron chi connectivity index (χ2n) is 3.91. The molecule has 0 aliphatic carbocycles. The molecular formula is C11H23N3O3. The second-order valence-corrected chi connectivity index (χ2v) is 3.91. The monoisotopic (exact) mass is 245 g/mol. The third-order valence-electron chi connectivity index (χ3n) is 2.27. The van der Waals surface area contributed by atoms with Gasteiger partial charge in [0.2, 0.25) is 11.8 Å². The highest BCUT2D eigenvalue weighted by Gasteiger charge is 2.19. The van der Waals surface area contributed by atoms with Gasteiger partial charge in [-0.2, -0.15) is 0 Å². The van der Waals surface area contributed by atoms with Crippen molar-refractivity contribution >= 4 is 11.8 Å². The fourth-order valence-electron chi connectivity index (χ4n) is 1.16. The predicted octanol–water partition coefficient (Wildman–Crippen LogP) is -0.619. The Hall–Kier alpha value is -1.14. The maximum Gasteiger partial charge on any atom is 0.242 e. The van der Waals surface area contributed by atoms with Crippen LogP contribution in [0.3, 0.4) is 0 Å². The molecule has 2 unspecified atom stereocenters.